The van der Waals surface area contributed by atoms with E-state index in [9.17, 15) is 0 Å². The van der Waals surface area contributed by atoms with E-state index >= 15 is 0 Å². The van der Waals surface area contributed by atoms with Gasteiger partial charge in [-0.05, 0) is 47.5 Å². The average molecular weight is 419 g/mol. The average Bonchev–Trinajstić information content (AvgIpc) is 3.19. The van der Waals surface area contributed by atoms with E-state index in [2.05, 4.69) is 23.5 Å². The lowest BCUT2D eigenvalue weighted by Crippen LogP contribution is -2.20. The van der Waals surface area contributed by atoms with Gasteiger partial charge < -0.3 is 5.32 Å². The van der Waals surface area contributed by atoms with Crippen molar-refractivity contribution in [3.8, 4) is 11.4 Å². The molecular formula is C23H16Cl2N4. The van der Waals surface area contributed by atoms with Gasteiger partial charge in [0.05, 0.1) is 0 Å². The molecule has 142 valence electrons. The van der Waals surface area contributed by atoms with Gasteiger partial charge >= 0.3 is 0 Å². The summed E-state index contributed by atoms with van der Waals surface area (Å²) >= 11 is 12.6. The highest BCUT2D eigenvalue weighted by Gasteiger charge is 2.26. The molecule has 0 fully saturated rings. The summed E-state index contributed by atoms with van der Waals surface area (Å²) in [7, 11) is 0. The summed E-state index contributed by atoms with van der Waals surface area (Å²) in [6.07, 6.45) is 2.13. The third kappa shape index (κ3) is 3.41. The highest BCUT2D eigenvalue weighted by molar-refractivity contribution is 6.31. The van der Waals surface area contributed by atoms with Crippen molar-refractivity contribution in [2.24, 2.45) is 0 Å². The van der Waals surface area contributed by atoms with Gasteiger partial charge in [-0.15, -0.1) is 5.10 Å². The second kappa shape index (κ2) is 7.39. The maximum atomic E-state index is 6.53. The molecule has 1 aromatic heterocycles. The van der Waals surface area contributed by atoms with Gasteiger partial charge in [0.1, 0.15) is 6.04 Å². The van der Waals surface area contributed by atoms with Gasteiger partial charge in [0.15, 0.2) is 5.82 Å². The number of nitrogens with zero attached hydrogens (tertiary/aromatic N) is 3. The molecule has 0 radical (unpaired) electrons. The zero-order chi connectivity index (χ0) is 19.8. The molecule has 6 heteroatoms. The Morgan fingerprint density at radius 2 is 1.52 bits per heavy atom. The Morgan fingerprint density at radius 3 is 2.28 bits per heavy atom. The summed E-state index contributed by atoms with van der Waals surface area (Å²) < 4.78 is 1.87. The quantitative estimate of drug-likeness (QED) is 0.423. The summed E-state index contributed by atoms with van der Waals surface area (Å²) in [6.45, 7) is 0. The van der Waals surface area contributed by atoms with Crippen LogP contribution in [0.1, 0.15) is 17.2 Å². The van der Waals surface area contributed by atoms with Crippen molar-refractivity contribution in [1.82, 2.24) is 14.8 Å². The first-order chi connectivity index (χ1) is 14.2. The van der Waals surface area contributed by atoms with Gasteiger partial charge in [-0.1, -0.05) is 71.7 Å². The molecule has 0 saturated carbocycles. The molecule has 1 atom stereocenters. The van der Waals surface area contributed by atoms with Crippen LogP contribution in [-0.2, 0) is 0 Å². The summed E-state index contributed by atoms with van der Waals surface area (Å²) in [6, 6.07) is 25.3. The van der Waals surface area contributed by atoms with Crippen LogP contribution in [0.5, 0.6) is 0 Å². The highest BCUT2D eigenvalue weighted by atomic mass is 35.5. The molecule has 29 heavy (non-hydrogen) atoms. The first-order valence-electron chi connectivity index (χ1n) is 9.20. The van der Waals surface area contributed by atoms with Crippen LogP contribution in [0, 0.1) is 0 Å². The van der Waals surface area contributed by atoms with Crippen LogP contribution in [0.4, 0.5) is 5.95 Å². The Bertz CT molecular complexity index is 1200. The van der Waals surface area contributed by atoms with Crippen LogP contribution in [0.25, 0.3) is 17.1 Å². The van der Waals surface area contributed by atoms with E-state index in [-0.39, 0.29) is 6.04 Å². The number of hydrogen-bond donors (Lipinski definition) is 1. The van der Waals surface area contributed by atoms with Crippen molar-refractivity contribution in [2.75, 3.05) is 5.32 Å². The minimum atomic E-state index is -0.177. The Labute approximate surface area is 178 Å². The number of nitrogens with one attached hydrogen (secondary N) is 1. The molecule has 2 heterocycles. The Balaban J connectivity index is 1.65. The van der Waals surface area contributed by atoms with E-state index in [0.717, 1.165) is 22.4 Å². The predicted molar refractivity (Wildman–Crippen MR) is 118 cm³/mol. The molecule has 1 N–H and O–H groups in total. The van der Waals surface area contributed by atoms with E-state index in [1.54, 1.807) is 0 Å². The highest BCUT2D eigenvalue weighted by Crippen LogP contribution is 2.36. The van der Waals surface area contributed by atoms with Gasteiger partial charge in [-0.25, -0.2) is 4.68 Å². The molecule has 0 spiro atoms. The lowest BCUT2D eigenvalue weighted by atomic mass is 10.0. The molecule has 1 aliphatic heterocycles. The zero-order valence-electron chi connectivity index (χ0n) is 15.3. The van der Waals surface area contributed by atoms with Crippen LogP contribution in [0.3, 0.4) is 0 Å². The van der Waals surface area contributed by atoms with E-state index in [0.29, 0.717) is 21.8 Å². The second-order valence-corrected chi connectivity index (χ2v) is 7.59. The summed E-state index contributed by atoms with van der Waals surface area (Å²) in [5.41, 5.74) is 3.92. The smallest absolute Gasteiger partial charge is 0.227 e. The second-order valence-electron chi connectivity index (χ2n) is 6.75. The molecule has 0 saturated heterocycles. The molecule has 4 aromatic rings. The molecular weight excluding hydrogens is 403 g/mol. The van der Waals surface area contributed by atoms with E-state index < -0.39 is 0 Å². The molecule has 5 rings (SSSR count). The van der Waals surface area contributed by atoms with E-state index in [1.165, 1.54) is 0 Å². The first kappa shape index (κ1) is 18.0. The number of rotatable bonds is 3. The molecule has 0 unspecified atom stereocenters. The normalized spacial score (nSPS) is 15.4. The SMILES string of the molecule is Clc1ccc(-c2nc3n(n2)[C@H](c2ccccc2Cl)C=C(c2ccccc2)N3)cc1. The lowest BCUT2D eigenvalue weighted by Gasteiger charge is -2.25. The number of fused-ring (bicyclic) bond motifs is 1. The van der Waals surface area contributed by atoms with Crippen LogP contribution in [-0.4, -0.2) is 14.8 Å². The summed E-state index contributed by atoms with van der Waals surface area (Å²) in [4.78, 5) is 4.75. The Kier molecular flexibility index (Phi) is 4.58. The van der Waals surface area contributed by atoms with Crippen LogP contribution < -0.4 is 5.32 Å². The maximum absolute atomic E-state index is 6.53. The van der Waals surface area contributed by atoms with Crippen molar-refractivity contribution < 1.29 is 0 Å². The van der Waals surface area contributed by atoms with Crippen molar-refractivity contribution in [2.45, 2.75) is 6.04 Å². The number of hydrogen-bond acceptors (Lipinski definition) is 3. The van der Waals surface area contributed by atoms with Crippen LogP contribution in [0.2, 0.25) is 10.0 Å². The standard InChI is InChI=1S/C23H16Cl2N4/c24-17-12-10-16(11-13-17)22-27-23-26-20(15-6-2-1-3-7-15)14-21(29(23)28-22)18-8-4-5-9-19(18)25/h1-14,21H,(H,26,27,28)/t21-/m0/s1. The van der Waals surface area contributed by atoms with Crippen molar-refractivity contribution in [3.05, 3.63) is 106 Å². The van der Waals surface area contributed by atoms with Gasteiger partial charge in [0, 0.05) is 21.3 Å². The Morgan fingerprint density at radius 1 is 0.793 bits per heavy atom. The van der Waals surface area contributed by atoms with Gasteiger partial charge in [0.25, 0.3) is 0 Å². The molecule has 0 amide bonds. The minimum absolute atomic E-state index is 0.177. The van der Waals surface area contributed by atoms with Crippen molar-refractivity contribution in [3.63, 3.8) is 0 Å². The number of allylic oxidation sites excluding steroid dienone is 1. The predicted octanol–water partition coefficient (Wildman–Crippen LogP) is 6.31. The van der Waals surface area contributed by atoms with Gasteiger partial charge in [-0.2, -0.15) is 4.98 Å². The summed E-state index contributed by atoms with van der Waals surface area (Å²) in [5, 5.41) is 9.56. The van der Waals surface area contributed by atoms with Crippen LogP contribution in [0.15, 0.2) is 84.9 Å². The molecule has 3 aromatic carbocycles. The van der Waals surface area contributed by atoms with E-state index in [4.69, 9.17) is 33.3 Å². The van der Waals surface area contributed by atoms with Crippen molar-refractivity contribution >= 4 is 34.8 Å². The molecule has 0 aliphatic carbocycles. The number of anilines is 1. The molecule has 4 nitrogen and oxygen atoms in total. The number of benzene rings is 3. The fourth-order valence-electron chi connectivity index (χ4n) is 3.44. The largest absolute Gasteiger partial charge is 0.324 e. The number of halogens is 2. The zero-order valence-corrected chi connectivity index (χ0v) is 16.8. The van der Waals surface area contributed by atoms with Gasteiger partial charge in [-0.3, -0.25) is 0 Å². The minimum Gasteiger partial charge on any atom is -0.324 e. The monoisotopic (exact) mass is 418 g/mol. The van der Waals surface area contributed by atoms with Crippen LogP contribution >= 0.6 is 23.2 Å². The summed E-state index contributed by atoms with van der Waals surface area (Å²) in [5.74, 6) is 1.30. The lowest BCUT2D eigenvalue weighted by molar-refractivity contribution is 0.613. The maximum Gasteiger partial charge on any atom is 0.227 e. The van der Waals surface area contributed by atoms with E-state index in [1.807, 2.05) is 71.4 Å². The fraction of sp³-hybridized carbons (Fsp3) is 0.0435. The third-order valence-corrected chi connectivity index (χ3v) is 5.47. The third-order valence-electron chi connectivity index (χ3n) is 4.88. The van der Waals surface area contributed by atoms with Gasteiger partial charge in [0.2, 0.25) is 5.95 Å². The number of aromatic nitrogens is 3. The Hall–Kier alpha value is -3.08. The van der Waals surface area contributed by atoms with Crippen molar-refractivity contribution in [1.29, 1.82) is 0 Å². The first-order valence-corrected chi connectivity index (χ1v) is 9.96. The molecule has 1 aliphatic rings. The molecule has 0 bridgehead atoms. The topological polar surface area (TPSA) is 42.7 Å². The fourth-order valence-corrected chi connectivity index (χ4v) is 3.81.